The number of likely N-dealkylation sites (N-methyl/N-ethyl adjacent to an activating group) is 1. The molecule has 18 nitrogen and oxygen atoms in total. The Morgan fingerprint density at radius 3 is 2.06 bits per heavy atom. The summed E-state index contributed by atoms with van der Waals surface area (Å²) < 4.78 is 64.5. The van der Waals surface area contributed by atoms with Crippen molar-refractivity contribution in [3.8, 4) is 0 Å². The van der Waals surface area contributed by atoms with Crippen molar-refractivity contribution in [2.75, 3.05) is 28.3 Å². The van der Waals surface area contributed by atoms with Gasteiger partial charge in [-0.1, -0.05) is 20.8 Å². The molecule has 362 valence electrons. The second-order valence-corrected chi connectivity index (χ2v) is 18.7. The van der Waals surface area contributed by atoms with Crippen LogP contribution in [0.15, 0.2) is 30.4 Å². The van der Waals surface area contributed by atoms with Crippen molar-refractivity contribution < 1.29 is 71.3 Å². The molecule has 64 heavy (non-hydrogen) atoms. The third kappa shape index (κ3) is 12.2. The van der Waals surface area contributed by atoms with Crippen LogP contribution in [0.25, 0.3) is 0 Å². The molecule has 16 atom stereocenters. The van der Waals surface area contributed by atoms with Gasteiger partial charge in [-0.25, -0.2) is 14.3 Å². The van der Waals surface area contributed by atoms with Gasteiger partial charge in [-0.15, -0.1) is 0 Å². The molecule has 1 aromatic rings. The summed E-state index contributed by atoms with van der Waals surface area (Å²) in [6.45, 7) is 20.2. The van der Waals surface area contributed by atoms with Crippen LogP contribution in [-0.4, -0.2) is 151 Å². The lowest BCUT2D eigenvalue weighted by atomic mass is 9.76. The van der Waals surface area contributed by atoms with Gasteiger partial charge in [-0.05, 0) is 93.5 Å². The molecule has 4 heterocycles. The molecule has 0 saturated carbocycles. The van der Waals surface area contributed by atoms with Gasteiger partial charge in [-0.2, -0.15) is 0 Å². The Labute approximate surface area is 378 Å². The predicted octanol–water partition coefficient (Wildman–Crippen LogP) is 5.42. The number of cyclic esters (lactones) is 1. The maximum absolute atomic E-state index is 14.8. The summed E-state index contributed by atoms with van der Waals surface area (Å²) in [6, 6.07) is -0.299. The smallest absolute Gasteiger partial charge is 0.420 e. The van der Waals surface area contributed by atoms with Crippen LogP contribution in [0.2, 0.25) is 0 Å². The first kappa shape index (κ1) is 52.8. The number of imidazole rings is 1. The fourth-order valence-corrected chi connectivity index (χ4v) is 9.64. The largest absolute Gasteiger partial charge is 0.457 e. The molecule has 1 unspecified atom stereocenters. The fraction of sp³-hybridized carbons (Fsp3) is 0.783. The second-order valence-electron chi connectivity index (χ2n) is 18.7. The average Bonchev–Trinajstić information content (AvgIpc) is 3.77. The summed E-state index contributed by atoms with van der Waals surface area (Å²) >= 11 is 0. The molecule has 0 N–H and O–H groups in total. The number of carbonyl (C=O) groups excluding carboxylic acids is 5. The van der Waals surface area contributed by atoms with E-state index in [-0.39, 0.29) is 42.8 Å². The molecule has 0 radical (unpaired) electrons. The molecule has 2 fully saturated rings. The van der Waals surface area contributed by atoms with Crippen molar-refractivity contribution in [3.63, 3.8) is 0 Å². The Kier molecular flexibility index (Phi) is 17.9. The van der Waals surface area contributed by atoms with E-state index in [1.807, 2.05) is 39.8 Å². The Morgan fingerprint density at radius 2 is 1.52 bits per heavy atom. The van der Waals surface area contributed by atoms with Gasteiger partial charge in [0, 0.05) is 58.7 Å². The summed E-state index contributed by atoms with van der Waals surface area (Å²) in [5.41, 5.74) is -3.75. The van der Waals surface area contributed by atoms with Crippen LogP contribution in [0.4, 0.5) is 4.79 Å². The minimum absolute atomic E-state index is 0.0849. The lowest BCUT2D eigenvalue weighted by Gasteiger charge is -2.50. The second kappa shape index (κ2) is 21.7. The minimum Gasteiger partial charge on any atom is -0.457 e. The third-order valence-electron chi connectivity index (χ3n) is 13.1. The topological polar surface area (TPSA) is 199 Å². The zero-order chi connectivity index (χ0) is 48.1. The van der Waals surface area contributed by atoms with Crippen LogP contribution < -0.4 is 0 Å². The summed E-state index contributed by atoms with van der Waals surface area (Å²) in [7, 11) is 6.80. The SMILES string of the molecule is CC[C@H]1OC(=O)[C@H](C)[C@@H](OC2C[C@](C)(OC)[C@@H](OC(C)=O)[C@H](C)O2)[C@H](C)[C@@H](O[C@@H]2O[C@H](C)C[C@H](N(C)C)[C@H]2OC(C)=O)[C@](C)(OC)C[C@@H](C)C(=O)/C(C)=C/[C@]1(C)OC(=O)n1ccnc1. The number of esters is 3. The number of carbonyl (C=O) groups is 5. The fourth-order valence-electron chi connectivity index (χ4n) is 9.64. The Morgan fingerprint density at radius 1 is 0.891 bits per heavy atom. The number of allylic oxidation sites excluding steroid dienone is 1. The highest BCUT2D eigenvalue weighted by molar-refractivity contribution is 5.96. The van der Waals surface area contributed by atoms with Crippen LogP contribution in [0.1, 0.15) is 109 Å². The van der Waals surface area contributed by atoms with Crippen molar-refractivity contribution >= 4 is 29.8 Å². The first-order chi connectivity index (χ1) is 29.8. The van der Waals surface area contributed by atoms with Gasteiger partial charge in [-0.3, -0.25) is 19.2 Å². The lowest BCUT2D eigenvalue weighted by molar-refractivity contribution is -0.320. The van der Waals surface area contributed by atoms with E-state index in [4.69, 9.17) is 47.4 Å². The number of methoxy groups -OCH3 is 2. The van der Waals surface area contributed by atoms with Crippen molar-refractivity contribution in [1.82, 2.24) is 14.5 Å². The van der Waals surface area contributed by atoms with Crippen molar-refractivity contribution in [3.05, 3.63) is 30.4 Å². The standard InChI is InChI=1S/C46H73N3O15/c1-17-34-44(10,64-43(54)49-19-18-47-24-49)21-25(2)36(52)26(3)22-45(11,55-15)39(63-42-38(59-31(8)50)33(48(13)14)20-27(4)57-42)28(5)37(29(6)41(53)61-34)62-35-23-46(12,56-16)40(30(7)58-35)60-32(9)51/h18-19,21,24,26-30,33-35,37-40,42H,17,20,22-23H2,1-16H3/b25-21+/t26-,27-,28+,29-,30+,33+,34-,35?,37+,38-,39-,40+,42+,44+,45-,46+/m1/s1. The molecular weight excluding hydrogens is 835 g/mol. The highest BCUT2D eigenvalue weighted by Crippen LogP contribution is 2.42. The molecule has 3 aliphatic heterocycles. The Bertz CT molecular complexity index is 1810. The minimum atomic E-state index is -1.63. The normalized spacial score (nSPS) is 40.1. The van der Waals surface area contributed by atoms with Gasteiger partial charge in [0.05, 0.1) is 42.0 Å². The molecule has 0 bridgehead atoms. The van der Waals surface area contributed by atoms with Crippen LogP contribution in [0, 0.1) is 17.8 Å². The monoisotopic (exact) mass is 908 g/mol. The third-order valence-corrected chi connectivity index (χ3v) is 13.1. The van der Waals surface area contributed by atoms with E-state index < -0.39 is 108 Å². The first-order valence-corrected chi connectivity index (χ1v) is 22.2. The highest BCUT2D eigenvalue weighted by atomic mass is 16.7. The lowest BCUT2D eigenvalue weighted by Crippen LogP contribution is -2.61. The van der Waals surface area contributed by atoms with Crippen LogP contribution in [0.5, 0.6) is 0 Å². The number of rotatable bonds is 11. The van der Waals surface area contributed by atoms with Gasteiger partial charge >= 0.3 is 24.0 Å². The van der Waals surface area contributed by atoms with E-state index in [9.17, 15) is 24.0 Å². The number of ether oxygens (including phenoxy) is 10. The van der Waals surface area contributed by atoms with E-state index in [1.165, 1.54) is 52.9 Å². The van der Waals surface area contributed by atoms with E-state index in [2.05, 4.69) is 4.98 Å². The molecule has 4 rings (SSSR count). The molecule has 0 aliphatic carbocycles. The molecule has 1 aromatic heterocycles. The predicted molar refractivity (Wildman–Crippen MR) is 231 cm³/mol. The van der Waals surface area contributed by atoms with Gasteiger partial charge in [0.1, 0.15) is 18.0 Å². The molecule has 0 amide bonds. The zero-order valence-electron chi connectivity index (χ0n) is 40.6. The van der Waals surface area contributed by atoms with Crippen molar-refractivity contribution in [2.45, 2.75) is 187 Å². The zero-order valence-corrected chi connectivity index (χ0v) is 40.6. The van der Waals surface area contributed by atoms with Gasteiger partial charge in [0.25, 0.3) is 0 Å². The average molecular weight is 908 g/mol. The quantitative estimate of drug-likeness (QED) is 0.201. The summed E-state index contributed by atoms with van der Waals surface area (Å²) in [5.74, 6) is -4.59. The van der Waals surface area contributed by atoms with E-state index in [0.717, 1.165) is 4.57 Å². The summed E-state index contributed by atoms with van der Waals surface area (Å²) in [6.07, 6.45) is -2.27. The summed E-state index contributed by atoms with van der Waals surface area (Å²) in [4.78, 5) is 73.6. The van der Waals surface area contributed by atoms with E-state index >= 15 is 0 Å². The molecule has 2 saturated heterocycles. The van der Waals surface area contributed by atoms with Crippen molar-refractivity contribution in [1.29, 1.82) is 0 Å². The number of nitrogens with zero attached hydrogens (tertiary/aromatic N) is 3. The maximum atomic E-state index is 14.8. The van der Waals surface area contributed by atoms with Gasteiger partial charge in [0.15, 0.2) is 36.2 Å². The van der Waals surface area contributed by atoms with Crippen LogP contribution >= 0.6 is 0 Å². The summed E-state index contributed by atoms with van der Waals surface area (Å²) in [5, 5.41) is 0. The molecular formula is C46H73N3O15. The molecule has 18 heteroatoms. The van der Waals surface area contributed by atoms with Gasteiger partial charge in [0.2, 0.25) is 0 Å². The molecule has 0 aromatic carbocycles. The van der Waals surface area contributed by atoms with E-state index in [1.54, 1.807) is 48.5 Å². The number of hydrogen-bond acceptors (Lipinski definition) is 17. The van der Waals surface area contributed by atoms with E-state index in [0.29, 0.717) is 6.42 Å². The van der Waals surface area contributed by atoms with Crippen molar-refractivity contribution in [2.24, 2.45) is 17.8 Å². The Hall–Kier alpha value is -3.78. The Balaban J connectivity index is 1.93. The number of ketones is 1. The number of Topliss-reactive ketones (excluding diaryl/α,β-unsaturated/α-hetero) is 1. The number of hydrogen-bond donors (Lipinski definition) is 0. The highest BCUT2D eigenvalue weighted by Gasteiger charge is 2.54. The number of aromatic nitrogens is 2. The molecule has 0 spiro atoms. The first-order valence-electron chi connectivity index (χ1n) is 22.2. The van der Waals surface area contributed by atoms with Crippen LogP contribution in [-0.2, 0) is 66.5 Å². The van der Waals surface area contributed by atoms with Crippen LogP contribution in [0.3, 0.4) is 0 Å². The van der Waals surface area contributed by atoms with Gasteiger partial charge < -0.3 is 52.3 Å². The molecule has 3 aliphatic rings. The maximum Gasteiger partial charge on any atom is 0.420 e.